The molecule has 6 aromatic carbocycles. The molecule has 0 aliphatic carbocycles. The molecule has 0 aliphatic heterocycles. The van der Waals surface area contributed by atoms with Crippen LogP contribution >= 0.6 is 0 Å². The summed E-state index contributed by atoms with van der Waals surface area (Å²) in [5.74, 6) is 0. The molecule has 32 heavy (non-hydrogen) atoms. The molecule has 0 aromatic heterocycles. The van der Waals surface area contributed by atoms with E-state index in [0.717, 1.165) is 0 Å². The Hall–Kier alpha value is -3.15. The van der Waals surface area contributed by atoms with E-state index in [1.807, 2.05) is 60.7 Å². The van der Waals surface area contributed by atoms with Crippen LogP contribution in [0.5, 0.6) is 0 Å². The zero-order valence-electron chi connectivity index (χ0n) is 18.1. The molecule has 0 nitrogen and oxygen atoms in total. The zero-order valence-corrected chi connectivity index (χ0v) is 20.5. The molecule has 158 valence electrons. The van der Waals surface area contributed by atoms with Gasteiger partial charge >= 0.3 is 28.4 Å². The predicted molar refractivity (Wildman–Crippen MR) is 137 cm³/mol. The van der Waals surface area contributed by atoms with E-state index in [1.54, 1.807) is 0 Å². The summed E-state index contributed by atoms with van der Waals surface area (Å²) >= 11 is 1.30. The first-order valence-corrected chi connectivity index (χ1v) is 12.1. The smallest absolute Gasteiger partial charge is 0.0809 e. The number of benzene rings is 4. The minimum absolute atomic E-state index is 1.30. The third-order valence-electron chi connectivity index (χ3n) is 4.31. The largest absolute Gasteiger partial charge is 0.184 e. The summed E-state index contributed by atoms with van der Waals surface area (Å²) in [5, 5.41) is 5.32. The second kappa shape index (κ2) is 16.5. The van der Waals surface area contributed by atoms with E-state index in [2.05, 4.69) is 101 Å². The molecular weight excluding hydrogens is 464 g/mol. The molecule has 0 spiro atoms. The van der Waals surface area contributed by atoms with Gasteiger partial charge in [-0.2, -0.15) is 108 Å². The molecule has 0 radical (unpaired) electrons. The van der Waals surface area contributed by atoms with Gasteiger partial charge in [0.15, 0.2) is 0 Å². The molecule has 0 amide bonds. The van der Waals surface area contributed by atoms with Crippen molar-refractivity contribution in [2.75, 3.05) is 0 Å². The van der Waals surface area contributed by atoms with Gasteiger partial charge in [-0.15, -0.1) is 59.3 Å². The molecule has 0 bridgehead atoms. The maximum atomic E-state index is 3.34. The molecule has 0 saturated heterocycles. The van der Waals surface area contributed by atoms with Crippen LogP contribution in [0.25, 0.3) is 21.5 Å². The first-order chi connectivity index (χ1) is 15.9. The summed E-state index contributed by atoms with van der Waals surface area (Å²) in [4.78, 5) is 0. The molecular formula is C31H26Zr-4. The summed E-state index contributed by atoms with van der Waals surface area (Å²) in [6.07, 6.45) is 0. The van der Waals surface area contributed by atoms with Crippen LogP contribution in [0, 0.1) is 12.1 Å². The number of rotatable bonds is 0. The van der Waals surface area contributed by atoms with Crippen molar-refractivity contribution in [1.29, 1.82) is 0 Å². The van der Waals surface area contributed by atoms with Gasteiger partial charge in [-0.25, -0.2) is 0 Å². The van der Waals surface area contributed by atoms with Crippen LogP contribution < -0.4 is 0 Å². The van der Waals surface area contributed by atoms with E-state index in [4.69, 9.17) is 0 Å². The molecule has 0 atom stereocenters. The molecule has 0 unspecified atom stereocenters. The SMILES string of the molecule is [CH2]=[Zr].[c-]1ccccc1.[c-]1ccccc1.c1ccc2[cH-]ccc2c1.c1ccc2[cH-]ccc2c1. The van der Waals surface area contributed by atoms with Crippen molar-refractivity contribution in [1.82, 2.24) is 0 Å². The maximum Gasteiger partial charge on any atom is -0.0809 e. The van der Waals surface area contributed by atoms with Crippen LogP contribution in [0.15, 0.2) is 146 Å². The van der Waals surface area contributed by atoms with Crippen molar-refractivity contribution in [2.45, 2.75) is 0 Å². The number of hydrogen-bond donors (Lipinski definition) is 0. The van der Waals surface area contributed by atoms with Crippen LogP contribution in [-0.2, 0) is 24.2 Å². The molecule has 0 heterocycles. The second-order valence-corrected chi connectivity index (χ2v) is 6.46. The Morgan fingerprint density at radius 2 is 0.844 bits per heavy atom. The van der Waals surface area contributed by atoms with Crippen molar-refractivity contribution in [2.24, 2.45) is 0 Å². The van der Waals surface area contributed by atoms with Gasteiger partial charge in [0, 0.05) is 0 Å². The van der Waals surface area contributed by atoms with E-state index >= 15 is 0 Å². The van der Waals surface area contributed by atoms with Crippen LogP contribution in [0.1, 0.15) is 0 Å². The second-order valence-electron chi connectivity index (χ2n) is 6.46. The normalized spacial score (nSPS) is 8.84. The van der Waals surface area contributed by atoms with Gasteiger partial charge < -0.3 is 0 Å². The fraction of sp³-hybridized carbons (Fsp3) is 0. The van der Waals surface area contributed by atoms with Gasteiger partial charge in [0.1, 0.15) is 0 Å². The average Bonchev–Trinajstić information content (AvgIpc) is 3.58. The van der Waals surface area contributed by atoms with Gasteiger partial charge in [-0.1, -0.05) is 12.1 Å². The van der Waals surface area contributed by atoms with E-state index in [9.17, 15) is 0 Å². The Morgan fingerprint density at radius 3 is 1.12 bits per heavy atom. The monoisotopic (exact) mass is 488 g/mol. The topological polar surface area (TPSA) is 0 Å². The summed E-state index contributed by atoms with van der Waals surface area (Å²) in [6.45, 7) is 0. The van der Waals surface area contributed by atoms with Crippen LogP contribution in [-0.4, -0.2) is 4.21 Å². The average molecular weight is 490 g/mol. The van der Waals surface area contributed by atoms with Gasteiger partial charge in [-0.05, 0) is 0 Å². The number of hydrogen-bond acceptors (Lipinski definition) is 0. The van der Waals surface area contributed by atoms with E-state index in [-0.39, 0.29) is 0 Å². The first kappa shape index (κ1) is 25.1. The Bertz CT molecular complexity index is 989. The summed E-state index contributed by atoms with van der Waals surface area (Å²) < 4.78 is 3.34. The van der Waals surface area contributed by atoms with E-state index in [0.29, 0.717) is 0 Å². The van der Waals surface area contributed by atoms with Crippen molar-refractivity contribution in [3.63, 3.8) is 0 Å². The Morgan fingerprint density at radius 1 is 0.469 bits per heavy atom. The summed E-state index contributed by atoms with van der Waals surface area (Å²) in [7, 11) is 0. The molecule has 6 aromatic rings. The van der Waals surface area contributed by atoms with Crippen molar-refractivity contribution in [3.05, 3.63) is 158 Å². The van der Waals surface area contributed by atoms with E-state index < -0.39 is 0 Å². The van der Waals surface area contributed by atoms with Crippen molar-refractivity contribution in [3.8, 4) is 0 Å². The molecule has 0 fully saturated rings. The Labute approximate surface area is 206 Å². The molecule has 0 N–H and O–H groups in total. The first-order valence-electron chi connectivity index (χ1n) is 10.3. The van der Waals surface area contributed by atoms with Gasteiger partial charge in [0.2, 0.25) is 0 Å². The standard InChI is InChI=1S/2C9H7.2C6H5.CH2.Zr/c2*1-2-5-9-7-3-6-8(9)4-1;2*1-2-4-6-5-3-1;;/h2*1-7H;2*1-5H;1H2;/q4*-1;;. The zero-order chi connectivity index (χ0) is 22.7. The van der Waals surface area contributed by atoms with Crippen LogP contribution in [0.3, 0.4) is 0 Å². The Balaban J connectivity index is 0.000000150. The Kier molecular flexibility index (Phi) is 13.0. The summed E-state index contributed by atoms with van der Waals surface area (Å²) in [5.41, 5.74) is 0. The minimum Gasteiger partial charge on any atom is -0.184 e. The predicted octanol–water partition coefficient (Wildman–Crippen LogP) is 8.06. The molecule has 0 aliphatic rings. The van der Waals surface area contributed by atoms with Gasteiger partial charge in [0.25, 0.3) is 0 Å². The van der Waals surface area contributed by atoms with Gasteiger partial charge in [0.05, 0.1) is 0 Å². The van der Waals surface area contributed by atoms with E-state index in [1.165, 1.54) is 45.8 Å². The number of fused-ring (bicyclic) bond motifs is 2. The van der Waals surface area contributed by atoms with Crippen molar-refractivity contribution >= 4 is 25.8 Å². The van der Waals surface area contributed by atoms with Crippen molar-refractivity contribution < 1.29 is 24.2 Å². The summed E-state index contributed by atoms with van der Waals surface area (Å²) in [6, 6.07) is 54.3. The van der Waals surface area contributed by atoms with Gasteiger partial charge in [-0.3, -0.25) is 0 Å². The third kappa shape index (κ3) is 9.77. The van der Waals surface area contributed by atoms with Crippen LogP contribution in [0.2, 0.25) is 0 Å². The minimum atomic E-state index is 1.30. The molecule has 1 heteroatoms. The molecule has 6 rings (SSSR count). The fourth-order valence-electron chi connectivity index (χ4n) is 2.82. The van der Waals surface area contributed by atoms with Crippen LogP contribution in [0.4, 0.5) is 0 Å². The quantitative estimate of drug-likeness (QED) is 0.189. The third-order valence-corrected chi connectivity index (χ3v) is 4.31. The fourth-order valence-corrected chi connectivity index (χ4v) is 2.82. The molecule has 0 saturated carbocycles. The maximum absolute atomic E-state index is 3.34.